The molecule has 0 atom stereocenters. The second-order valence-corrected chi connectivity index (χ2v) is 12.1. The zero-order valence-corrected chi connectivity index (χ0v) is 24.9. The smallest absolute Gasteiger partial charge is 0.0714 e. The number of anilines is 2. The van der Waals surface area contributed by atoms with Crippen LogP contribution in [0, 0.1) is 0 Å². The van der Waals surface area contributed by atoms with E-state index in [-0.39, 0.29) is 0 Å². The molecule has 2 nitrogen and oxygen atoms in total. The zero-order valence-electron chi connectivity index (χ0n) is 24.9. The van der Waals surface area contributed by atoms with Crippen molar-refractivity contribution in [3.63, 3.8) is 0 Å². The SMILES string of the molecule is C1=Cc2c(n(-c3ccccc3)c3cc(Nc4ccc5c(c4)C(c4ccccc4)(c4ccccc4)c4ccccc4-5)ccc23)CC1. The van der Waals surface area contributed by atoms with Gasteiger partial charge >= 0.3 is 0 Å². The summed E-state index contributed by atoms with van der Waals surface area (Å²) in [5, 5.41) is 5.12. The molecule has 45 heavy (non-hydrogen) atoms. The summed E-state index contributed by atoms with van der Waals surface area (Å²) >= 11 is 0. The third-order valence-corrected chi connectivity index (χ3v) is 9.70. The molecule has 0 amide bonds. The Hall–Kier alpha value is -5.60. The molecule has 7 aromatic rings. The van der Waals surface area contributed by atoms with E-state index < -0.39 is 5.41 Å². The van der Waals surface area contributed by atoms with Crippen LogP contribution >= 0.6 is 0 Å². The first kappa shape index (κ1) is 25.9. The third-order valence-electron chi connectivity index (χ3n) is 9.70. The molecular formula is C43H32N2. The summed E-state index contributed by atoms with van der Waals surface area (Å²) in [6.45, 7) is 0. The average Bonchev–Trinajstić information content (AvgIpc) is 3.59. The molecule has 1 aromatic heterocycles. The number of rotatable bonds is 5. The van der Waals surface area contributed by atoms with Crippen molar-refractivity contribution in [2.75, 3.05) is 5.32 Å². The zero-order chi connectivity index (χ0) is 29.8. The van der Waals surface area contributed by atoms with Crippen LogP contribution in [0.5, 0.6) is 0 Å². The van der Waals surface area contributed by atoms with Crippen molar-refractivity contribution in [2.24, 2.45) is 0 Å². The largest absolute Gasteiger partial charge is 0.355 e. The highest BCUT2D eigenvalue weighted by molar-refractivity contribution is 5.96. The van der Waals surface area contributed by atoms with Gasteiger partial charge in [-0.1, -0.05) is 127 Å². The van der Waals surface area contributed by atoms with E-state index in [9.17, 15) is 0 Å². The summed E-state index contributed by atoms with van der Waals surface area (Å²) in [6, 6.07) is 55.4. The number of nitrogens with one attached hydrogen (secondary N) is 1. The van der Waals surface area contributed by atoms with Crippen LogP contribution in [-0.4, -0.2) is 4.57 Å². The van der Waals surface area contributed by atoms with Gasteiger partial charge in [0.15, 0.2) is 0 Å². The maximum atomic E-state index is 3.82. The highest BCUT2D eigenvalue weighted by atomic mass is 15.0. The summed E-state index contributed by atoms with van der Waals surface area (Å²) in [4.78, 5) is 0. The Morgan fingerprint density at radius 2 is 1.18 bits per heavy atom. The number of hydrogen-bond donors (Lipinski definition) is 1. The predicted octanol–water partition coefficient (Wildman–Crippen LogP) is 10.7. The lowest BCUT2D eigenvalue weighted by Crippen LogP contribution is -2.28. The fraction of sp³-hybridized carbons (Fsp3) is 0.0698. The summed E-state index contributed by atoms with van der Waals surface area (Å²) in [6.07, 6.45) is 6.73. The quantitative estimate of drug-likeness (QED) is 0.216. The highest BCUT2D eigenvalue weighted by Gasteiger charge is 2.46. The van der Waals surface area contributed by atoms with Crippen LogP contribution in [0.1, 0.15) is 39.9 Å². The van der Waals surface area contributed by atoms with Crippen molar-refractivity contribution in [1.29, 1.82) is 0 Å². The van der Waals surface area contributed by atoms with E-state index in [1.54, 1.807) is 0 Å². The van der Waals surface area contributed by atoms with Crippen molar-refractivity contribution >= 4 is 28.4 Å². The summed E-state index contributed by atoms with van der Waals surface area (Å²) in [7, 11) is 0. The van der Waals surface area contributed by atoms with Gasteiger partial charge in [0.25, 0.3) is 0 Å². The molecule has 0 saturated heterocycles. The molecule has 1 N–H and O–H groups in total. The summed E-state index contributed by atoms with van der Waals surface area (Å²) in [5.74, 6) is 0. The van der Waals surface area contributed by atoms with Crippen LogP contribution in [0.15, 0.2) is 158 Å². The van der Waals surface area contributed by atoms with Crippen LogP contribution in [0.4, 0.5) is 11.4 Å². The van der Waals surface area contributed by atoms with Gasteiger partial charge in [0, 0.05) is 33.7 Å². The maximum absolute atomic E-state index is 3.82. The number of para-hydroxylation sites is 1. The number of hydrogen-bond acceptors (Lipinski definition) is 1. The molecule has 0 radical (unpaired) electrons. The van der Waals surface area contributed by atoms with Gasteiger partial charge in [0.05, 0.1) is 10.9 Å². The van der Waals surface area contributed by atoms with Crippen molar-refractivity contribution in [2.45, 2.75) is 18.3 Å². The van der Waals surface area contributed by atoms with Gasteiger partial charge < -0.3 is 9.88 Å². The third kappa shape index (κ3) is 3.89. The first-order chi connectivity index (χ1) is 22.3. The van der Waals surface area contributed by atoms with Crippen LogP contribution in [-0.2, 0) is 11.8 Å². The minimum absolute atomic E-state index is 0.413. The van der Waals surface area contributed by atoms with E-state index in [2.05, 4.69) is 174 Å². The maximum Gasteiger partial charge on any atom is 0.0714 e. The Labute approximate surface area is 263 Å². The molecule has 0 unspecified atom stereocenters. The number of benzene rings is 6. The normalized spacial score (nSPS) is 14.1. The number of nitrogens with zero attached hydrogens (tertiary/aromatic N) is 1. The molecule has 2 heteroatoms. The lowest BCUT2D eigenvalue weighted by molar-refractivity contribution is 0.769. The Balaban J connectivity index is 1.22. The van der Waals surface area contributed by atoms with E-state index >= 15 is 0 Å². The van der Waals surface area contributed by atoms with Gasteiger partial charge in [-0.15, -0.1) is 0 Å². The number of allylic oxidation sites excluding steroid dienone is 1. The first-order valence-electron chi connectivity index (χ1n) is 15.8. The molecule has 0 bridgehead atoms. The van der Waals surface area contributed by atoms with E-state index in [1.165, 1.54) is 61.2 Å². The van der Waals surface area contributed by atoms with Gasteiger partial charge in [0.1, 0.15) is 0 Å². The monoisotopic (exact) mass is 576 g/mol. The second-order valence-electron chi connectivity index (χ2n) is 12.1. The molecule has 0 aliphatic heterocycles. The molecule has 9 rings (SSSR count). The topological polar surface area (TPSA) is 17.0 Å². The molecule has 214 valence electrons. The average molecular weight is 577 g/mol. The minimum Gasteiger partial charge on any atom is -0.355 e. The van der Waals surface area contributed by atoms with Crippen molar-refractivity contribution in [3.8, 4) is 16.8 Å². The Morgan fingerprint density at radius 1 is 0.556 bits per heavy atom. The Bertz CT molecular complexity index is 2180. The fourth-order valence-corrected chi connectivity index (χ4v) is 7.86. The molecule has 2 aliphatic rings. The van der Waals surface area contributed by atoms with E-state index in [0.29, 0.717) is 0 Å². The lowest BCUT2D eigenvalue weighted by atomic mass is 9.67. The highest BCUT2D eigenvalue weighted by Crippen LogP contribution is 2.56. The lowest BCUT2D eigenvalue weighted by Gasteiger charge is -2.34. The van der Waals surface area contributed by atoms with Crippen LogP contribution in [0.25, 0.3) is 33.8 Å². The molecular weight excluding hydrogens is 544 g/mol. The fourth-order valence-electron chi connectivity index (χ4n) is 7.86. The Kier molecular flexibility index (Phi) is 5.89. The van der Waals surface area contributed by atoms with Gasteiger partial charge in [0.2, 0.25) is 0 Å². The number of fused-ring (bicyclic) bond motifs is 6. The van der Waals surface area contributed by atoms with Gasteiger partial charge in [-0.25, -0.2) is 0 Å². The molecule has 1 heterocycles. The van der Waals surface area contributed by atoms with Gasteiger partial charge in [-0.05, 0) is 82.6 Å². The van der Waals surface area contributed by atoms with Gasteiger partial charge in [-0.2, -0.15) is 0 Å². The van der Waals surface area contributed by atoms with Crippen molar-refractivity contribution in [1.82, 2.24) is 4.57 Å². The molecule has 0 spiro atoms. The standard InChI is InChI=1S/C43H32N2/c1-4-14-30(15-5-1)43(31-16-6-2-7-17-31)39-22-12-10-20-35(39)36-26-24-32(28-40(36)43)44-33-25-27-38-37-21-11-13-23-41(37)45(42(38)29-33)34-18-8-3-9-19-34/h1-12,14-22,24-29,44H,13,23H2. The predicted molar refractivity (Wildman–Crippen MR) is 188 cm³/mol. The second kappa shape index (κ2) is 10.2. The molecule has 6 aromatic carbocycles. The molecule has 0 fully saturated rings. The van der Waals surface area contributed by atoms with E-state index in [1.807, 2.05) is 0 Å². The van der Waals surface area contributed by atoms with E-state index in [4.69, 9.17) is 0 Å². The molecule has 0 saturated carbocycles. The molecule has 2 aliphatic carbocycles. The first-order valence-corrected chi connectivity index (χ1v) is 15.8. The van der Waals surface area contributed by atoms with Gasteiger partial charge in [-0.3, -0.25) is 0 Å². The minimum atomic E-state index is -0.413. The van der Waals surface area contributed by atoms with Crippen LogP contribution in [0.3, 0.4) is 0 Å². The van der Waals surface area contributed by atoms with E-state index in [0.717, 1.165) is 24.2 Å². The van der Waals surface area contributed by atoms with Crippen molar-refractivity contribution < 1.29 is 0 Å². The summed E-state index contributed by atoms with van der Waals surface area (Å²) in [5.41, 5.74) is 14.7. The number of aromatic nitrogens is 1. The van der Waals surface area contributed by atoms with Crippen LogP contribution < -0.4 is 5.32 Å². The summed E-state index contributed by atoms with van der Waals surface area (Å²) < 4.78 is 2.45. The van der Waals surface area contributed by atoms with Crippen molar-refractivity contribution in [3.05, 3.63) is 191 Å². The Morgan fingerprint density at radius 3 is 1.93 bits per heavy atom. The van der Waals surface area contributed by atoms with Crippen LogP contribution in [0.2, 0.25) is 0 Å².